The van der Waals surface area contributed by atoms with Crippen LogP contribution in [0.3, 0.4) is 0 Å². The van der Waals surface area contributed by atoms with E-state index in [1.54, 1.807) is 43.3 Å². The molecule has 0 spiro atoms. The number of amides is 2. The van der Waals surface area contributed by atoms with Gasteiger partial charge in [-0.25, -0.2) is 8.42 Å². The van der Waals surface area contributed by atoms with Crippen molar-refractivity contribution in [1.82, 2.24) is 10.2 Å². The Hall–Kier alpha value is -2.29. The van der Waals surface area contributed by atoms with Crippen LogP contribution in [0.4, 0.5) is 5.69 Å². The fourth-order valence-electron chi connectivity index (χ4n) is 3.38. The van der Waals surface area contributed by atoms with E-state index in [1.807, 2.05) is 27.7 Å². The molecule has 0 radical (unpaired) electrons. The van der Waals surface area contributed by atoms with Crippen LogP contribution in [0.1, 0.15) is 37.5 Å². The Kier molecular flexibility index (Phi) is 10.0. The lowest BCUT2D eigenvalue weighted by Gasteiger charge is -2.32. The molecule has 0 heterocycles. The summed E-state index contributed by atoms with van der Waals surface area (Å²) in [7, 11) is -3.80. The maximum Gasteiger partial charge on any atom is 0.244 e. The lowest BCUT2D eigenvalue weighted by Crippen LogP contribution is -2.51. The molecule has 0 aromatic heterocycles. The number of nitrogens with one attached hydrogen (secondary N) is 1. The summed E-state index contributed by atoms with van der Waals surface area (Å²) in [5.41, 5.74) is 2.74. The van der Waals surface area contributed by atoms with E-state index in [2.05, 4.69) is 5.32 Å². The zero-order valence-electron chi connectivity index (χ0n) is 20.9. The molecule has 192 valence electrons. The monoisotopic (exact) mass is 541 g/mol. The third kappa shape index (κ3) is 7.85. The van der Waals surface area contributed by atoms with Crippen molar-refractivity contribution < 1.29 is 18.0 Å². The molecule has 0 fully saturated rings. The van der Waals surface area contributed by atoms with Crippen LogP contribution < -0.4 is 9.62 Å². The van der Waals surface area contributed by atoms with Crippen molar-refractivity contribution >= 4 is 50.7 Å². The van der Waals surface area contributed by atoms with Crippen molar-refractivity contribution in [2.24, 2.45) is 5.92 Å². The first kappa shape index (κ1) is 28.9. The molecule has 2 aromatic rings. The number of carbonyl (C=O) groups is 2. The normalized spacial score (nSPS) is 12.4. The lowest BCUT2D eigenvalue weighted by molar-refractivity contribution is -0.139. The smallest absolute Gasteiger partial charge is 0.244 e. The van der Waals surface area contributed by atoms with Gasteiger partial charge in [0.2, 0.25) is 21.8 Å². The summed E-state index contributed by atoms with van der Waals surface area (Å²) in [5, 5.41) is 3.52. The fraction of sp³-hybridized carbons (Fsp3) is 0.440. The van der Waals surface area contributed by atoms with Crippen LogP contribution >= 0.6 is 23.2 Å². The van der Waals surface area contributed by atoms with Crippen molar-refractivity contribution in [3.63, 3.8) is 0 Å². The standard InChI is InChI=1S/C25H33Cl2N3O4S/c1-16(2)13-28-25(32)19(5)29(14-21-22(26)8-7-9-23(21)27)24(31)15-30(35(6,33)34)20-11-10-17(3)18(4)12-20/h7-12,16,19H,13-15H2,1-6H3,(H,28,32)/t19-/m1/s1. The first-order valence-electron chi connectivity index (χ1n) is 11.3. The second-order valence-corrected chi connectivity index (χ2v) is 11.8. The van der Waals surface area contributed by atoms with Crippen molar-refractivity contribution in [3.8, 4) is 0 Å². The van der Waals surface area contributed by atoms with E-state index in [1.165, 1.54) is 4.90 Å². The van der Waals surface area contributed by atoms with Gasteiger partial charge in [0.1, 0.15) is 12.6 Å². The SMILES string of the molecule is Cc1ccc(N(CC(=O)N(Cc2c(Cl)cccc2Cl)[C@H](C)C(=O)NCC(C)C)S(C)(=O)=O)cc1C. The number of hydrogen-bond acceptors (Lipinski definition) is 4. The molecule has 2 rings (SSSR count). The van der Waals surface area contributed by atoms with Gasteiger partial charge < -0.3 is 10.2 Å². The molecule has 0 unspecified atom stereocenters. The van der Waals surface area contributed by atoms with Gasteiger partial charge in [0.25, 0.3) is 0 Å². The maximum atomic E-state index is 13.6. The molecular weight excluding hydrogens is 509 g/mol. The zero-order chi connectivity index (χ0) is 26.5. The van der Waals surface area contributed by atoms with Gasteiger partial charge in [-0.1, -0.05) is 49.2 Å². The van der Waals surface area contributed by atoms with Gasteiger partial charge in [-0.15, -0.1) is 0 Å². The summed E-state index contributed by atoms with van der Waals surface area (Å²) in [5.74, 6) is -0.692. The molecule has 0 aliphatic rings. The zero-order valence-corrected chi connectivity index (χ0v) is 23.3. The van der Waals surface area contributed by atoms with Gasteiger partial charge in [0.15, 0.2) is 0 Å². The molecule has 2 aromatic carbocycles. The number of aryl methyl sites for hydroxylation is 2. The lowest BCUT2D eigenvalue weighted by atomic mass is 10.1. The highest BCUT2D eigenvalue weighted by atomic mass is 35.5. The quantitative estimate of drug-likeness (QED) is 0.477. The summed E-state index contributed by atoms with van der Waals surface area (Å²) < 4.78 is 26.4. The largest absolute Gasteiger partial charge is 0.354 e. The van der Waals surface area contributed by atoms with Gasteiger partial charge in [-0.05, 0) is 62.1 Å². The number of rotatable bonds is 10. The Morgan fingerprint density at radius 1 is 1.00 bits per heavy atom. The molecule has 10 heteroatoms. The molecule has 0 saturated carbocycles. The second-order valence-electron chi connectivity index (χ2n) is 9.08. The minimum Gasteiger partial charge on any atom is -0.354 e. The first-order valence-corrected chi connectivity index (χ1v) is 13.9. The van der Waals surface area contributed by atoms with E-state index >= 15 is 0 Å². The van der Waals surface area contributed by atoms with Crippen LogP contribution in [0, 0.1) is 19.8 Å². The molecule has 0 saturated heterocycles. The van der Waals surface area contributed by atoms with Gasteiger partial charge in [-0.2, -0.15) is 0 Å². The molecule has 35 heavy (non-hydrogen) atoms. The molecule has 0 bridgehead atoms. The molecule has 0 aliphatic carbocycles. The average molecular weight is 543 g/mol. The highest BCUT2D eigenvalue weighted by molar-refractivity contribution is 7.92. The minimum absolute atomic E-state index is 0.0574. The van der Waals surface area contributed by atoms with Crippen LogP contribution in [0.15, 0.2) is 36.4 Å². The molecule has 2 amide bonds. The Morgan fingerprint density at radius 3 is 2.11 bits per heavy atom. The summed E-state index contributed by atoms with van der Waals surface area (Å²) in [6.07, 6.45) is 1.05. The van der Waals surface area contributed by atoms with E-state index < -0.39 is 28.5 Å². The van der Waals surface area contributed by atoms with Gasteiger partial charge >= 0.3 is 0 Å². The van der Waals surface area contributed by atoms with Crippen molar-refractivity contribution in [3.05, 3.63) is 63.1 Å². The number of nitrogens with zero attached hydrogens (tertiary/aromatic N) is 2. The molecule has 0 aliphatic heterocycles. The van der Waals surface area contributed by atoms with E-state index in [0.717, 1.165) is 21.7 Å². The molecule has 1 N–H and O–H groups in total. The Bertz CT molecular complexity index is 1160. The van der Waals surface area contributed by atoms with E-state index in [4.69, 9.17) is 23.2 Å². The summed E-state index contributed by atoms with van der Waals surface area (Å²) in [6, 6.07) is 9.26. The van der Waals surface area contributed by atoms with Crippen LogP contribution in [-0.4, -0.2) is 50.5 Å². The van der Waals surface area contributed by atoms with Crippen LogP contribution in [0.2, 0.25) is 10.0 Å². The summed E-state index contributed by atoms with van der Waals surface area (Å²) in [6.45, 7) is 9.21. The maximum absolute atomic E-state index is 13.6. The van der Waals surface area contributed by atoms with Crippen molar-refractivity contribution in [2.45, 2.75) is 47.2 Å². The highest BCUT2D eigenvalue weighted by Gasteiger charge is 2.31. The van der Waals surface area contributed by atoms with E-state index in [0.29, 0.717) is 27.8 Å². The summed E-state index contributed by atoms with van der Waals surface area (Å²) >= 11 is 12.7. The molecular formula is C25H33Cl2N3O4S. The number of anilines is 1. The van der Waals surface area contributed by atoms with Gasteiger partial charge in [0, 0.05) is 28.7 Å². The number of benzene rings is 2. The number of halogens is 2. The van der Waals surface area contributed by atoms with Gasteiger partial charge in [-0.3, -0.25) is 13.9 Å². The average Bonchev–Trinajstić information content (AvgIpc) is 2.76. The topological polar surface area (TPSA) is 86.8 Å². The Balaban J connectivity index is 2.45. The minimum atomic E-state index is -3.80. The third-order valence-corrected chi connectivity index (χ3v) is 7.55. The number of hydrogen-bond donors (Lipinski definition) is 1. The van der Waals surface area contributed by atoms with E-state index in [9.17, 15) is 18.0 Å². The van der Waals surface area contributed by atoms with Crippen LogP contribution in [-0.2, 0) is 26.2 Å². The Labute approximate surface area is 218 Å². The van der Waals surface area contributed by atoms with E-state index in [-0.39, 0.29) is 18.4 Å². The molecule has 7 nitrogen and oxygen atoms in total. The summed E-state index contributed by atoms with van der Waals surface area (Å²) in [4.78, 5) is 27.8. The van der Waals surface area contributed by atoms with Gasteiger partial charge in [0.05, 0.1) is 11.9 Å². The highest BCUT2D eigenvalue weighted by Crippen LogP contribution is 2.27. The van der Waals surface area contributed by atoms with Crippen LogP contribution in [0.5, 0.6) is 0 Å². The molecule has 1 atom stereocenters. The number of sulfonamides is 1. The predicted molar refractivity (Wildman–Crippen MR) is 142 cm³/mol. The predicted octanol–water partition coefficient (Wildman–Crippen LogP) is 4.57. The van der Waals surface area contributed by atoms with Crippen molar-refractivity contribution in [1.29, 1.82) is 0 Å². The van der Waals surface area contributed by atoms with Crippen molar-refractivity contribution in [2.75, 3.05) is 23.7 Å². The fourth-order valence-corrected chi connectivity index (χ4v) is 4.74. The first-order chi connectivity index (χ1) is 16.2. The van der Waals surface area contributed by atoms with Crippen LogP contribution in [0.25, 0.3) is 0 Å². The second kappa shape index (κ2) is 12.1. The number of carbonyl (C=O) groups excluding carboxylic acids is 2. The Morgan fingerprint density at radius 2 is 1.60 bits per heavy atom. The third-order valence-electron chi connectivity index (χ3n) is 5.70.